The monoisotopic (exact) mass is 205 g/mol. The second-order valence-electron chi connectivity index (χ2n) is 3.12. The molecule has 0 saturated heterocycles. The minimum absolute atomic E-state index is 0.0782. The second kappa shape index (κ2) is 3.86. The van der Waals surface area contributed by atoms with Crippen LogP contribution in [0, 0.1) is 6.92 Å². The number of aromatic nitrogens is 2. The van der Waals surface area contributed by atoms with Crippen molar-refractivity contribution < 1.29 is 0 Å². The molecule has 0 aliphatic rings. The van der Waals surface area contributed by atoms with Gasteiger partial charge in [0.05, 0.1) is 12.2 Å². The smallest absolute Gasteiger partial charge is 0.0665 e. The molecule has 0 spiro atoms. The van der Waals surface area contributed by atoms with E-state index < -0.39 is 0 Å². The van der Waals surface area contributed by atoms with Crippen molar-refractivity contribution in [3.8, 4) is 0 Å². The van der Waals surface area contributed by atoms with Crippen molar-refractivity contribution >= 4 is 11.3 Å². The molecule has 0 aromatic carbocycles. The summed E-state index contributed by atoms with van der Waals surface area (Å²) in [6.45, 7) is 2.07. The van der Waals surface area contributed by atoms with Gasteiger partial charge >= 0.3 is 0 Å². The van der Waals surface area contributed by atoms with Crippen LogP contribution in [0.4, 0.5) is 0 Å². The summed E-state index contributed by atoms with van der Waals surface area (Å²) in [5.74, 6) is 0. The molecule has 0 radical (unpaired) electrons. The summed E-state index contributed by atoms with van der Waals surface area (Å²) in [6.07, 6.45) is 3.38. The molecule has 0 fully saturated rings. The fourth-order valence-corrected chi connectivity index (χ4v) is 2.29. The van der Waals surface area contributed by atoms with Crippen LogP contribution in [0.5, 0.6) is 0 Å². The number of thiophene rings is 1. The van der Waals surface area contributed by atoms with Gasteiger partial charge in [-0.1, -0.05) is 0 Å². The van der Waals surface area contributed by atoms with Gasteiger partial charge in [-0.05, 0) is 35.6 Å². The van der Waals surface area contributed by atoms with Crippen molar-refractivity contribution in [2.75, 3.05) is 0 Å². The molecule has 2 aromatic heterocycles. The van der Waals surface area contributed by atoms with Crippen molar-refractivity contribution in [3.05, 3.63) is 45.9 Å². The van der Waals surface area contributed by atoms with E-state index in [0.717, 1.165) is 5.56 Å². The molecule has 0 aliphatic carbocycles. The van der Waals surface area contributed by atoms with Crippen LogP contribution >= 0.6 is 11.3 Å². The Hall–Kier alpha value is -1.26. The molecule has 14 heavy (non-hydrogen) atoms. The van der Waals surface area contributed by atoms with Crippen molar-refractivity contribution in [2.24, 2.45) is 5.73 Å². The van der Waals surface area contributed by atoms with Crippen LogP contribution in [-0.4, -0.2) is 10.2 Å². The second-order valence-corrected chi connectivity index (χ2v) is 4.07. The lowest BCUT2D eigenvalue weighted by Crippen LogP contribution is -2.11. The van der Waals surface area contributed by atoms with E-state index in [9.17, 15) is 0 Å². The Labute approximate surface area is 86.6 Å². The van der Waals surface area contributed by atoms with Crippen LogP contribution in [0.1, 0.15) is 22.0 Å². The molecule has 1 unspecified atom stereocenters. The summed E-state index contributed by atoms with van der Waals surface area (Å²) in [7, 11) is 0. The summed E-state index contributed by atoms with van der Waals surface area (Å²) < 4.78 is 0. The van der Waals surface area contributed by atoms with Gasteiger partial charge in [0.15, 0.2) is 0 Å². The Morgan fingerprint density at radius 2 is 2.21 bits per heavy atom. The largest absolute Gasteiger partial charge is 0.320 e. The van der Waals surface area contributed by atoms with Crippen LogP contribution < -0.4 is 5.73 Å². The van der Waals surface area contributed by atoms with Crippen LogP contribution in [0.3, 0.4) is 0 Å². The lowest BCUT2D eigenvalue weighted by molar-refractivity contribution is 0.857. The molecule has 0 bridgehead atoms. The summed E-state index contributed by atoms with van der Waals surface area (Å²) in [6, 6.07) is 3.90. The highest BCUT2D eigenvalue weighted by Gasteiger charge is 2.12. The predicted molar refractivity (Wildman–Crippen MR) is 57.1 cm³/mol. The highest BCUT2D eigenvalue weighted by atomic mass is 32.1. The van der Waals surface area contributed by atoms with Crippen molar-refractivity contribution in [1.29, 1.82) is 0 Å². The molecule has 72 valence electrons. The Kier molecular flexibility index (Phi) is 2.56. The van der Waals surface area contributed by atoms with Gasteiger partial charge in [-0.25, -0.2) is 0 Å². The Bertz CT molecular complexity index is 410. The van der Waals surface area contributed by atoms with Gasteiger partial charge in [-0.2, -0.15) is 10.2 Å². The first-order valence-corrected chi connectivity index (χ1v) is 5.23. The lowest BCUT2D eigenvalue weighted by Gasteiger charge is -2.09. The molecular formula is C10H11N3S. The molecule has 2 rings (SSSR count). The van der Waals surface area contributed by atoms with E-state index in [0.29, 0.717) is 0 Å². The molecule has 0 amide bonds. The average Bonchev–Trinajstić information content (AvgIpc) is 2.65. The van der Waals surface area contributed by atoms with Gasteiger partial charge in [0.2, 0.25) is 0 Å². The molecule has 2 heterocycles. The maximum Gasteiger partial charge on any atom is 0.0665 e. The first-order valence-electron chi connectivity index (χ1n) is 4.35. The topological polar surface area (TPSA) is 51.8 Å². The molecule has 1 atom stereocenters. The molecule has 0 saturated carbocycles. The maximum atomic E-state index is 6.10. The van der Waals surface area contributed by atoms with Gasteiger partial charge in [0.25, 0.3) is 0 Å². The maximum absolute atomic E-state index is 6.10. The van der Waals surface area contributed by atoms with Gasteiger partial charge in [-0.3, -0.25) is 0 Å². The number of rotatable bonds is 2. The molecule has 2 N–H and O–H groups in total. The average molecular weight is 205 g/mol. The fraction of sp³-hybridized carbons (Fsp3) is 0.200. The minimum atomic E-state index is -0.0782. The number of nitrogens with two attached hydrogens (primary N) is 1. The van der Waals surface area contributed by atoms with Crippen molar-refractivity contribution in [3.63, 3.8) is 0 Å². The van der Waals surface area contributed by atoms with Gasteiger partial charge in [0.1, 0.15) is 0 Å². The highest BCUT2D eigenvalue weighted by molar-refractivity contribution is 7.10. The summed E-state index contributed by atoms with van der Waals surface area (Å²) in [4.78, 5) is 1.19. The number of hydrogen-bond donors (Lipinski definition) is 1. The zero-order valence-corrected chi connectivity index (χ0v) is 8.66. The molecule has 0 aliphatic heterocycles. The van der Waals surface area contributed by atoms with Crippen molar-refractivity contribution in [1.82, 2.24) is 10.2 Å². The van der Waals surface area contributed by atoms with E-state index in [4.69, 9.17) is 5.73 Å². The van der Waals surface area contributed by atoms with Crippen LogP contribution in [0.15, 0.2) is 29.9 Å². The van der Waals surface area contributed by atoms with E-state index in [2.05, 4.69) is 28.6 Å². The molecule has 3 nitrogen and oxygen atoms in total. The van der Waals surface area contributed by atoms with E-state index in [1.807, 2.05) is 6.07 Å². The number of aryl methyl sites for hydroxylation is 1. The molecular weight excluding hydrogens is 194 g/mol. The van der Waals surface area contributed by atoms with Crippen LogP contribution in [0.2, 0.25) is 0 Å². The third-order valence-electron chi connectivity index (χ3n) is 2.15. The van der Waals surface area contributed by atoms with E-state index in [1.54, 1.807) is 23.7 Å². The van der Waals surface area contributed by atoms with Crippen LogP contribution in [0.25, 0.3) is 0 Å². The van der Waals surface area contributed by atoms with Gasteiger partial charge in [-0.15, -0.1) is 11.3 Å². The minimum Gasteiger partial charge on any atom is -0.320 e. The van der Waals surface area contributed by atoms with E-state index in [1.165, 1.54) is 10.4 Å². The van der Waals surface area contributed by atoms with Gasteiger partial charge in [0, 0.05) is 11.1 Å². The van der Waals surface area contributed by atoms with Gasteiger partial charge < -0.3 is 5.73 Å². The molecule has 2 aromatic rings. The van der Waals surface area contributed by atoms with Crippen LogP contribution in [-0.2, 0) is 0 Å². The zero-order chi connectivity index (χ0) is 9.97. The quantitative estimate of drug-likeness (QED) is 0.814. The SMILES string of the molecule is Cc1ccsc1C(N)c1ccnnc1. The molecule has 4 heteroatoms. The highest BCUT2D eigenvalue weighted by Crippen LogP contribution is 2.26. The normalized spacial score (nSPS) is 12.7. The number of nitrogens with zero attached hydrogens (tertiary/aromatic N) is 2. The lowest BCUT2D eigenvalue weighted by atomic mass is 10.1. The standard InChI is InChI=1S/C10H11N3S/c1-7-3-5-14-10(7)9(11)8-2-4-12-13-6-8/h2-6,9H,11H2,1H3. The summed E-state index contributed by atoms with van der Waals surface area (Å²) in [5.41, 5.74) is 8.34. The first-order chi connectivity index (χ1) is 6.79. The summed E-state index contributed by atoms with van der Waals surface area (Å²) in [5, 5.41) is 9.60. The van der Waals surface area contributed by atoms with E-state index in [-0.39, 0.29) is 6.04 Å². The zero-order valence-electron chi connectivity index (χ0n) is 7.84. The summed E-state index contributed by atoms with van der Waals surface area (Å²) >= 11 is 1.68. The third-order valence-corrected chi connectivity index (χ3v) is 3.25. The third kappa shape index (κ3) is 1.66. The van der Waals surface area contributed by atoms with Crippen molar-refractivity contribution in [2.45, 2.75) is 13.0 Å². The predicted octanol–water partition coefficient (Wildman–Crippen LogP) is 1.89. The first kappa shape index (κ1) is 9.30. The Morgan fingerprint density at radius 3 is 2.79 bits per heavy atom. The fourth-order valence-electron chi connectivity index (χ4n) is 1.34. The number of hydrogen-bond acceptors (Lipinski definition) is 4. The van der Waals surface area contributed by atoms with E-state index >= 15 is 0 Å². The Morgan fingerprint density at radius 1 is 1.36 bits per heavy atom. The Balaban J connectivity index is 2.34.